The molecule has 0 saturated heterocycles. The zero-order valence-electron chi connectivity index (χ0n) is 10.8. The average Bonchev–Trinajstić information content (AvgIpc) is 2.43. The Morgan fingerprint density at radius 1 is 1.05 bits per heavy atom. The summed E-state index contributed by atoms with van der Waals surface area (Å²) in [7, 11) is 1.53. The van der Waals surface area contributed by atoms with E-state index in [1.807, 2.05) is 19.1 Å². The number of rotatable bonds is 3. The number of nitrogens with two attached hydrogens (primary N) is 1. The van der Waals surface area contributed by atoms with Crippen LogP contribution in [0.5, 0.6) is 17.2 Å². The summed E-state index contributed by atoms with van der Waals surface area (Å²) in [5.74, 6) is 1.60. The Balaban J connectivity index is 2.38. The first-order valence-electron chi connectivity index (χ1n) is 5.76. The van der Waals surface area contributed by atoms with Gasteiger partial charge in [-0.1, -0.05) is 6.07 Å². The van der Waals surface area contributed by atoms with Gasteiger partial charge in [-0.25, -0.2) is 0 Å². The Kier molecular flexibility index (Phi) is 3.58. The minimum atomic E-state index is 0.500. The second-order valence-electron chi connectivity index (χ2n) is 4.12. The van der Waals surface area contributed by atoms with E-state index in [9.17, 15) is 0 Å². The van der Waals surface area contributed by atoms with Crippen molar-refractivity contribution in [3.05, 3.63) is 47.5 Å². The van der Waals surface area contributed by atoms with Crippen LogP contribution in [-0.4, -0.2) is 7.11 Å². The monoisotopic (exact) mass is 254 g/mol. The van der Waals surface area contributed by atoms with Crippen molar-refractivity contribution >= 4 is 5.69 Å². The molecular formula is C15H14N2O2. The molecule has 0 saturated carbocycles. The summed E-state index contributed by atoms with van der Waals surface area (Å²) in [4.78, 5) is 0. The first-order chi connectivity index (χ1) is 9.13. The van der Waals surface area contributed by atoms with Crippen LogP contribution >= 0.6 is 0 Å². The summed E-state index contributed by atoms with van der Waals surface area (Å²) in [6, 6.07) is 12.6. The summed E-state index contributed by atoms with van der Waals surface area (Å²) >= 11 is 0. The smallest absolute Gasteiger partial charge is 0.169 e. The predicted molar refractivity (Wildman–Crippen MR) is 73.4 cm³/mol. The Bertz CT molecular complexity index is 645. The minimum absolute atomic E-state index is 0.500. The molecule has 0 spiro atoms. The van der Waals surface area contributed by atoms with Crippen LogP contribution in [0.4, 0.5) is 5.69 Å². The van der Waals surface area contributed by atoms with Crippen molar-refractivity contribution in [2.24, 2.45) is 0 Å². The van der Waals surface area contributed by atoms with Gasteiger partial charge in [0.25, 0.3) is 0 Å². The zero-order valence-corrected chi connectivity index (χ0v) is 10.8. The molecule has 0 radical (unpaired) electrons. The number of methoxy groups -OCH3 is 1. The molecule has 0 fully saturated rings. The molecule has 19 heavy (non-hydrogen) atoms. The van der Waals surface area contributed by atoms with E-state index in [1.54, 1.807) is 24.3 Å². The molecule has 2 rings (SSSR count). The quantitative estimate of drug-likeness (QED) is 0.854. The van der Waals surface area contributed by atoms with Crippen molar-refractivity contribution < 1.29 is 9.47 Å². The number of hydrogen-bond acceptors (Lipinski definition) is 4. The molecule has 0 heterocycles. The lowest BCUT2D eigenvalue weighted by molar-refractivity contribution is 0.379. The fourth-order valence-electron chi connectivity index (χ4n) is 1.67. The molecule has 4 heteroatoms. The molecule has 2 aromatic carbocycles. The van der Waals surface area contributed by atoms with Crippen molar-refractivity contribution in [2.75, 3.05) is 12.8 Å². The lowest BCUT2D eigenvalue weighted by Crippen LogP contribution is -1.95. The standard InChI is InChI=1S/C15H14N2O2/c1-10-3-5-12(17)14(7-10)19-13-6-4-11(9-16)8-15(13)18-2/h3-8H,17H2,1-2H3. The number of nitrogen functional groups attached to an aromatic ring is 1. The van der Waals surface area contributed by atoms with Gasteiger partial charge in [-0.05, 0) is 36.8 Å². The van der Waals surface area contributed by atoms with Crippen LogP contribution in [0.15, 0.2) is 36.4 Å². The molecular weight excluding hydrogens is 240 g/mol. The second-order valence-corrected chi connectivity index (χ2v) is 4.12. The molecule has 2 N–H and O–H groups in total. The van der Waals surface area contributed by atoms with E-state index in [4.69, 9.17) is 20.5 Å². The Morgan fingerprint density at radius 3 is 2.53 bits per heavy atom. The third kappa shape index (κ3) is 2.78. The molecule has 0 aliphatic carbocycles. The van der Waals surface area contributed by atoms with Crippen molar-refractivity contribution in [2.45, 2.75) is 6.92 Å². The maximum atomic E-state index is 8.85. The fourth-order valence-corrected chi connectivity index (χ4v) is 1.67. The van der Waals surface area contributed by atoms with Gasteiger partial charge in [-0.3, -0.25) is 0 Å². The number of aryl methyl sites for hydroxylation is 1. The minimum Gasteiger partial charge on any atom is -0.493 e. The summed E-state index contributed by atoms with van der Waals surface area (Å²) < 4.78 is 11.0. The van der Waals surface area contributed by atoms with E-state index < -0.39 is 0 Å². The van der Waals surface area contributed by atoms with Crippen LogP contribution in [0.1, 0.15) is 11.1 Å². The van der Waals surface area contributed by atoms with Gasteiger partial charge < -0.3 is 15.2 Å². The van der Waals surface area contributed by atoms with Gasteiger partial charge in [-0.15, -0.1) is 0 Å². The van der Waals surface area contributed by atoms with Crippen molar-refractivity contribution in [1.82, 2.24) is 0 Å². The molecule has 4 nitrogen and oxygen atoms in total. The van der Waals surface area contributed by atoms with Gasteiger partial charge in [-0.2, -0.15) is 5.26 Å². The highest BCUT2D eigenvalue weighted by atomic mass is 16.5. The third-order valence-electron chi connectivity index (χ3n) is 2.68. The van der Waals surface area contributed by atoms with Crippen LogP contribution in [0.3, 0.4) is 0 Å². The first kappa shape index (κ1) is 12.8. The van der Waals surface area contributed by atoms with Crippen LogP contribution in [0.25, 0.3) is 0 Å². The topological polar surface area (TPSA) is 68.3 Å². The second kappa shape index (κ2) is 5.32. The van der Waals surface area contributed by atoms with E-state index in [0.717, 1.165) is 5.56 Å². The zero-order chi connectivity index (χ0) is 13.8. The lowest BCUT2D eigenvalue weighted by Gasteiger charge is -2.12. The number of nitriles is 1. The van der Waals surface area contributed by atoms with Crippen molar-refractivity contribution in [3.8, 4) is 23.3 Å². The summed E-state index contributed by atoms with van der Waals surface area (Å²) in [5.41, 5.74) is 7.99. The van der Waals surface area contributed by atoms with Gasteiger partial charge >= 0.3 is 0 Å². The van der Waals surface area contributed by atoms with E-state index in [-0.39, 0.29) is 0 Å². The van der Waals surface area contributed by atoms with Crippen LogP contribution in [0, 0.1) is 18.3 Å². The summed E-state index contributed by atoms with van der Waals surface area (Å²) in [6.07, 6.45) is 0. The molecule has 0 amide bonds. The Hall–Kier alpha value is -2.67. The molecule has 96 valence electrons. The first-order valence-corrected chi connectivity index (χ1v) is 5.76. The molecule has 0 aliphatic heterocycles. The fraction of sp³-hybridized carbons (Fsp3) is 0.133. The largest absolute Gasteiger partial charge is 0.493 e. The Labute approximate surface area is 112 Å². The molecule has 0 aliphatic rings. The van der Waals surface area contributed by atoms with Crippen molar-refractivity contribution in [3.63, 3.8) is 0 Å². The maximum absolute atomic E-state index is 8.85. The van der Waals surface area contributed by atoms with Gasteiger partial charge in [0.05, 0.1) is 24.4 Å². The normalized spacial score (nSPS) is 9.74. The van der Waals surface area contributed by atoms with Crippen LogP contribution in [0.2, 0.25) is 0 Å². The highest BCUT2D eigenvalue weighted by Gasteiger charge is 2.09. The Morgan fingerprint density at radius 2 is 1.84 bits per heavy atom. The summed E-state index contributed by atoms with van der Waals surface area (Å²) in [5, 5.41) is 8.85. The van der Waals surface area contributed by atoms with Gasteiger partial charge in [0.1, 0.15) is 0 Å². The average molecular weight is 254 g/mol. The number of ether oxygens (including phenoxy) is 2. The SMILES string of the molecule is COc1cc(C#N)ccc1Oc1cc(C)ccc1N. The lowest BCUT2D eigenvalue weighted by atomic mass is 10.2. The van der Waals surface area contributed by atoms with Crippen LogP contribution < -0.4 is 15.2 Å². The number of anilines is 1. The van der Waals surface area contributed by atoms with Gasteiger partial charge in [0.2, 0.25) is 0 Å². The van der Waals surface area contributed by atoms with Crippen LogP contribution in [-0.2, 0) is 0 Å². The third-order valence-corrected chi connectivity index (χ3v) is 2.68. The van der Waals surface area contributed by atoms with E-state index in [2.05, 4.69) is 6.07 Å². The number of nitrogens with zero attached hydrogens (tertiary/aromatic N) is 1. The van der Waals surface area contributed by atoms with Crippen molar-refractivity contribution in [1.29, 1.82) is 5.26 Å². The van der Waals surface area contributed by atoms with Gasteiger partial charge in [0, 0.05) is 6.07 Å². The highest BCUT2D eigenvalue weighted by Crippen LogP contribution is 2.35. The predicted octanol–water partition coefficient (Wildman–Crippen LogP) is 3.25. The van der Waals surface area contributed by atoms with E-state index in [0.29, 0.717) is 28.5 Å². The highest BCUT2D eigenvalue weighted by molar-refractivity contribution is 5.57. The molecule has 0 unspecified atom stereocenters. The number of benzene rings is 2. The molecule has 2 aromatic rings. The van der Waals surface area contributed by atoms with Gasteiger partial charge in [0.15, 0.2) is 17.2 Å². The van der Waals surface area contributed by atoms with E-state index in [1.165, 1.54) is 7.11 Å². The van der Waals surface area contributed by atoms with E-state index >= 15 is 0 Å². The molecule has 0 atom stereocenters. The molecule has 0 aromatic heterocycles. The number of hydrogen-bond donors (Lipinski definition) is 1. The summed E-state index contributed by atoms with van der Waals surface area (Å²) in [6.45, 7) is 1.96. The maximum Gasteiger partial charge on any atom is 0.169 e. The molecule has 0 bridgehead atoms.